The normalized spacial score (nSPS) is 13.5. The molecule has 0 radical (unpaired) electrons. The van der Waals surface area contributed by atoms with Gasteiger partial charge in [0.15, 0.2) is 0 Å². The summed E-state index contributed by atoms with van der Waals surface area (Å²) in [5, 5.41) is 1.10. The van der Waals surface area contributed by atoms with Gasteiger partial charge in [0.05, 0.1) is 11.1 Å². The minimum Gasteiger partial charge on any atom is -0.398 e. The molecule has 5 aromatic rings. The van der Waals surface area contributed by atoms with Gasteiger partial charge in [-0.2, -0.15) is 0 Å². The number of nitrogens with two attached hydrogens (primary N) is 1. The van der Waals surface area contributed by atoms with Crippen LogP contribution in [0.15, 0.2) is 91.0 Å². The van der Waals surface area contributed by atoms with Crippen molar-refractivity contribution in [1.82, 2.24) is 9.55 Å². The van der Waals surface area contributed by atoms with E-state index in [-0.39, 0.29) is 0 Å². The molecule has 0 bridgehead atoms. The summed E-state index contributed by atoms with van der Waals surface area (Å²) in [5.74, 6) is 0. The molecule has 2 aromatic heterocycles. The van der Waals surface area contributed by atoms with Crippen LogP contribution in [0.2, 0.25) is 0 Å². The van der Waals surface area contributed by atoms with Crippen molar-refractivity contribution < 1.29 is 0 Å². The van der Waals surface area contributed by atoms with E-state index in [2.05, 4.69) is 95.6 Å². The zero-order valence-corrected chi connectivity index (χ0v) is 19.4. The Bertz CT molecular complexity index is 1430. The molecule has 0 fully saturated rings. The lowest BCUT2D eigenvalue weighted by Gasteiger charge is -2.13. The fourth-order valence-corrected chi connectivity index (χ4v) is 5.44. The molecule has 0 saturated carbocycles. The summed E-state index contributed by atoms with van der Waals surface area (Å²) in [4.78, 5) is 5.35. The van der Waals surface area contributed by atoms with Gasteiger partial charge in [-0.3, -0.25) is 0 Å². The summed E-state index contributed by atoms with van der Waals surface area (Å²) in [6.45, 7) is 0.750. The number of benzene rings is 3. The van der Waals surface area contributed by atoms with Crippen LogP contribution in [-0.4, -0.2) is 9.55 Å². The number of hydrogen-bond acceptors (Lipinski definition) is 2. The Morgan fingerprint density at radius 1 is 0.706 bits per heavy atom. The van der Waals surface area contributed by atoms with E-state index in [0.29, 0.717) is 0 Å². The van der Waals surface area contributed by atoms with E-state index in [1.807, 2.05) is 0 Å². The molecule has 0 aliphatic heterocycles. The fourth-order valence-electron chi connectivity index (χ4n) is 5.44. The standard InChI is InChI=1S/C31H29N3/c32-29-25-19-11-4-12-20-26(25)33-31-28(29)27(23-15-7-2-8-16-23)30(24-17-9-3-10-18-24)34(31)21-22-13-5-1-6-14-22/h1-3,5-10,13-18H,4,11-12,19-21H2,(H2,32,33). The third-order valence-electron chi connectivity index (χ3n) is 7.05. The molecule has 168 valence electrons. The number of aryl methyl sites for hydroxylation is 1. The number of nitrogens with zero attached hydrogens (tertiary/aromatic N) is 2. The highest BCUT2D eigenvalue weighted by molar-refractivity contribution is 6.09. The zero-order chi connectivity index (χ0) is 22.9. The van der Waals surface area contributed by atoms with Gasteiger partial charge in [-0.1, -0.05) is 97.4 Å². The molecule has 34 heavy (non-hydrogen) atoms. The predicted octanol–water partition coefficient (Wildman–Crippen LogP) is 7.27. The van der Waals surface area contributed by atoms with Gasteiger partial charge in [0.1, 0.15) is 5.65 Å². The smallest absolute Gasteiger partial charge is 0.143 e. The van der Waals surface area contributed by atoms with Crippen LogP contribution in [0, 0.1) is 0 Å². The van der Waals surface area contributed by atoms with E-state index in [9.17, 15) is 0 Å². The molecule has 0 amide bonds. The second kappa shape index (κ2) is 8.83. The van der Waals surface area contributed by atoms with E-state index >= 15 is 0 Å². The van der Waals surface area contributed by atoms with Gasteiger partial charge < -0.3 is 10.3 Å². The van der Waals surface area contributed by atoms with Crippen LogP contribution in [0.5, 0.6) is 0 Å². The second-order valence-electron chi connectivity index (χ2n) is 9.24. The molecule has 2 N–H and O–H groups in total. The molecular formula is C31H29N3. The summed E-state index contributed by atoms with van der Waals surface area (Å²) in [6, 6.07) is 32.0. The van der Waals surface area contributed by atoms with Crippen LogP contribution in [0.1, 0.15) is 36.1 Å². The van der Waals surface area contributed by atoms with E-state index in [1.54, 1.807) is 0 Å². The van der Waals surface area contributed by atoms with Crippen LogP contribution < -0.4 is 5.73 Å². The molecule has 0 unspecified atom stereocenters. The van der Waals surface area contributed by atoms with Gasteiger partial charge in [0.2, 0.25) is 0 Å². The summed E-state index contributed by atoms with van der Waals surface area (Å²) in [5.41, 5.74) is 17.4. The summed E-state index contributed by atoms with van der Waals surface area (Å²) in [7, 11) is 0. The summed E-state index contributed by atoms with van der Waals surface area (Å²) >= 11 is 0. The van der Waals surface area contributed by atoms with E-state index in [4.69, 9.17) is 10.7 Å². The lowest BCUT2D eigenvalue weighted by Crippen LogP contribution is -2.07. The van der Waals surface area contributed by atoms with Crippen molar-refractivity contribution in [3.05, 3.63) is 108 Å². The number of aromatic nitrogens is 2. The second-order valence-corrected chi connectivity index (χ2v) is 9.24. The van der Waals surface area contributed by atoms with Crippen LogP contribution in [0.4, 0.5) is 5.69 Å². The van der Waals surface area contributed by atoms with E-state index in [1.165, 1.54) is 58.5 Å². The van der Waals surface area contributed by atoms with Crippen LogP contribution >= 0.6 is 0 Å². The van der Waals surface area contributed by atoms with Gasteiger partial charge in [-0.05, 0) is 47.9 Å². The van der Waals surface area contributed by atoms with Crippen LogP contribution in [0.25, 0.3) is 33.4 Å². The van der Waals surface area contributed by atoms with Crippen LogP contribution in [0.3, 0.4) is 0 Å². The highest BCUT2D eigenvalue weighted by Gasteiger charge is 2.26. The van der Waals surface area contributed by atoms with Gasteiger partial charge in [-0.15, -0.1) is 0 Å². The Morgan fingerprint density at radius 3 is 2.03 bits per heavy atom. The third kappa shape index (κ3) is 3.58. The van der Waals surface area contributed by atoms with Crippen molar-refractivity contribution in [3.63, 3.8) is 0 Å². The molecular weight excluding hydrogens is 414 g/mol. The summed E-state index contributed by atoms with van der Waals surface area (Å²) < 4.78 is 2.39. The van der Waals surface area contributed by atoms with Crippen molar-refractivity contribution in [1.29, 1.82) is 0 Å². The quantitative estimate of drug-likeness (QED) is 0.297. The maximum Gasteiger partial charge on any atom is 0.143 e. The van der Waals surface area contributed by atoms with Gasteiger partial charge in [0, 0.05) is 23.5 Å². The van der Waals surface area contributed by atoms with Crippen molar-refractivity contribution in [2.75, 3.05) is 5.73 Å². The van der Waals surface area contributed by atoms with Crippen molar-refractivity contribution in [3.8, 4) is 22.4 Å². The number of pyridine rings is 1. The predicted molar refractivity (Wildman–Crippen MR) is 142 cm³/mol. The topological polar surface area (TPSA) is 43.8 Å². The number of hydrogen-bond donors (Lipinski definition) is 1. The number of nitrogen functional groups attached to an aromatic ring is 1. The van der Waals surface area contributed by atoms with Crippen molar-refractivity contribution >= 4 is 16.7 Å². The first-order valence-electron chi connectivity index (χ1n) is 12.3. The molecule has 0 atom stereocenters. The number of fused-ring (bicyclic) bond motifs is 2. The molecule has 3 heteroatoms. The average Bonchev–Trinajstić information content (AvgIpc) is 3.02. The lowest BCUT2D eigenvalue weighted by atomic mass is 9.96. The SMILES string of the molecule is Nc1c2c(nc3c1c(-c1ccccc1)c(-c1ccccc1)n3Cc1ccccc1)CCCCC2. The Kier molecular flexibility index (Phi) is 5.38. The Hall–Kier alpha value is -3.85. The Labute approximate surface area is 200 Å². The first-order valence-corrected chi connectivity index (χ1v) is 12.3. The number of rotatable bonds is 4. The number of anilines is 1. The molecule has 3 aromatic carbocycles. The van der Waals surface area contributed by atoms with Crippen molar-refractivity contribution in [2.45, 2.75) is 38.6 Å². The first kappa shape index (κ1) is 20.7. The molecule has 2 heterocycles. The maximum absolute atomic E-state index is 7.05. The molecule has 3 nitrogen and oxygen atoms in total. The highest BCUT2D eigenvalue weighted by atomic mass is 15.1. The third-order valence-corrected chi connectivity index (χ3v) is 7.05. The molecule has 1 aliphatic carbocycles. The minimum absolute atomic E-state index is 0.750. The zero-order valence-electron chi connectivity index (χ0n) is 19.4. The Balaban J connectivity index is 1.74. The summed E-state index contributed by atoms with van der Waals surface area (Å²) in [6.07, 6.45) is 5.63. The van der Waals surface area contributed by atoms with Gasteiger partial charge in [0.25, 0.3) is 0 Å². The Morgan fingerprint density at radius 2 is 1.32 bits per heavy atom. The fraction of sp³-hybridized carbons (Fsp3) is 0.194. The van der Waals surface area contributed by atoms with Crippen LogP contribution in [-0.2, 0) is 19.4 Å². The van der Waals surface area contributed by atoms with Gasteiger partial charge in [-0.25, -0.2) is 4.98 Å². The highest BCUT2D eigenvalue weighted by Crippen LogP contribution is 2.45. The molecule has 0 spiro atoms. The molecule has 6 rings (SSSR count). The molecule has 1 aliphatic rings. The molecule has 0 saturated heterocycles. The van der Waals surface area contributed by atoms with E-state index < -0.39 is 0 Å². The lowest BCUT2D eigenvalue weighted by molar-refractivity contribution is 0.708. The monoisotopic (exact) mass is 443 g/mol. The van der Waals surface area contributed by atoms with E-state index in [0.717, 1.165) is 36.1 Å². The van der Waals surface area contributed by atoms with Crippen molar-refractivity contribution in [2.24, 2.45) is 0 Å². The average molecular weight is 444 g/mol. The largest absolute Gasteiger partial charge is 0.398 e. The van der Waals surface area contributed by atoms with Gasteiger partial charge >= 0.3 is 0 Å². The minimum atomic E-state index is 0.750. The first-order chi connectivity index (χ1) is 16.8. The maximum atomic E-state index is 7.05.